The van der Waals surface area contributed by atoms with E-state index in [2.05, 4.69) is 92.5 Å². The lowest BCUT2D eigenvalue weighted by atomic mass is 9.83. The number of fused-ring (bicyclic) bond motifs is 9. The molecule has 4 nitrogen and oxygen atoms in total. The first-order chi connectivity index (χ1) is 21.6. The molecular formula is C38H29N3O. The molecule has 0 N–H and O–H groups in total. The van der Waals surface area contributed by atoms with Crippen LogP contribution in [0.5, 0.6) is 0 Å². The molecule has 4 heterocycles. The zero-order valence-corrected chi connectivity index (χ0v) is 23.6. The number of rotatable bonds is 2. The number of aryl methyl sites for hydroxylation is 1. The van der Waals surface area contributed by atoms with E-state index in [4.69, 9.17) is 18.5 Å². The lowest BCUT2D eigenvalue weighted by molar-refractivity contribution is 0.589. The van der Waals surface area contributed by atoms with Crippen molar-refractivity contribution in [3.05, 3.63) is 115 Å². The van der Waals surface area contributed by atoms with Gasteiger partial charge in [0, 0.05) is 48.7 Å². The third kappa shape index (κ3) is 3.72. The van der Waals surface area contributed by atoms with Crippen molar-refractivity contribution in [2.75, 3.05) is 0 Å². The zero-order chi connectivity index (χ0) is 31.1. The largest absolute Gasteiger partial charge is 0.437 e. The van der Waals surface area contributed by atoms with Gasteiger partial charge in [-0.1, -0.05) is 81.4 Å². The van der Waals surface area contributed by atoms with E-state index in [1.54, 1.807) is 12.1 Å². The molecule has 8 rings (SSSR count). The molecule has 0 amide bonds. The van der Waals surface area contributed by atoms with Crippen molar-refractivity contribution in [2.24, 2.45) is 0 Å². The van der Waals surface area contributed by atoms with Crippen molar-refractivity contribution in [2.45, 2.75) is 33.0 Å². The Morgan fingerprint density at radius 3 is 2.02 bits per heavy atom. The normalized spacial score (nSPS) is 13.6. The molecule has 0 aliphatic heterocycles. The van der Waals surface area contributed by atoms with Gasteiger partial charge in [0.15, 0.2) is 0 Å². The minimum atomic E-state index is -2.32. The molecule has 0 radical (unpaired) electrons. The topological polar surface area (TPSA) is 51.8 Å². The summed E-state index contributed by atoms with van der Waals surface area (Å²) in [5, 5.41) is 7.45. The van der Waals surface area contributed by atoms with E-state index in [1.807, 2.05) is 24.4 Å². The highest BCUT2D eigenvalue weighted by molar-refractivity contribution is 6.24. The summed E-state index contributed by atoms with van der Waals surface area (Å²) in [4.78, 5) is 14.6. The summed E-state index contributed by atoms with van der Waals surface area (Å²) >= 11 is 0. The van der Waals surface area contributed by atoms with Crippen molar-refractivity contribution >= 4 is 54.5 Å². The molecule has 0 bridgehead atoms. The van der Waals surface area contributed by atoms with E-state index >= 15 is 0 Å². The minimum absolute atomic E-state index is 0.00762. The van der Waals surface area contributed by atoms with Crippen LogP contribution in [0.3, 0.4) is 0 Å². The van der Waals surface area contributed by atoms with Crippen LogP contribution in [0.25, 0.3) is 77.0 Å². The summed E-state index contributed by atoms with van der Waals surface area (Å²) in [5.41, 5.74) is 6.21. The molecule has 8 aromatic rings. The molecule has 0 spiro atoms. The first-order valence-corrected chi connectivity index (χ1v) is 14.1. The van der Waals surface area contributed by atoms with Gasteiger partial charge in [-0.25, -0.2) is 9.97 Å². The summed E-state index contributed by atoms with van der Waals surface area (Å²) in [6.45, 7) is 4.24. The van der Waals surface area contributed by atoms with Crippen LogP contribution in [-0.2, 0) is 5.41 Å². The third-order valence-corrected chi connectivity index (χ3v) is 8.21. The molecule has 202 valence electrons. The molecule has 0 unspecified atom stereocenters. The van der Waals surface area contributed by atoms with Gasteiger partial charge >= 0.3 is 0 Å². The first kappa shape index (κ1) is 21.6. The fraction of sp³-hybridized carbons (Fsp3) is 0.132. The van der Waals surface area contributed by atoms with Gasteiger partial charge in [-0.05, 0) is 70.4 Å². The molecule has 0 atom stereocenters. The van der Waals surface area contributed by atoms with Crippen molar-refractivity contribution in [1.82, 2.24) is 15.0 Å². The van der Waals surface area contributed by atoms with Crippen LogP contribution in [-0.4, -0.2) is 15.0 Å². The number of hydrogen-bond acceptors (Lipinski definition) is 4. The van der Waals surface area contributed by atoms with Crippen LogP contribution in [0.1, 0.15) is 36.1 Å². The van der Waals surface area contributed by atoms with Gasteiger partial charge in [0.1, 0.15) is 5.58 Å². The Morgan fingerprint density at radius 2 is 1.29 bits per heavy atom. The molecule has 42 heavy (non-hydrogen) atoms. The second-order valence-corrected chi connectivity index (χ2v) is 11.9. The monoisotopic (exact) mass is 546 g/mol. The van der Waals surface area contributed by atoms with Gasteiger partial charge in [-0.15, -0.1) is 0 Å². The predicted octanol–water partition coefficient (Wildman–Crippen LogP) is 10.2. The molecule has 0 aliphatic carbocycles. The smallest absolute Gasteiger partial charge is 0.227 e. The third-order valence-electron chi connectivity index (χ3n) is 8.21. The zero-order valence-electron chi connectivity index (χ0n) is 26.6. The second-order valence-electron chi connectivity index (χ2n) is 11.9. The van der Waals surface area contributed by atoms with Crippen LogP contribution >= 0.6 is 0 Å². The van der Waals surface area contributed by atoms with E-state index in [9.17, 15) is 0 Å². The SMILES string of the molecule is [2H]C([2H])([2H])c1ccc2c(n1)oc1c(-c3cc(-c4ccc5c6ccccc6c6ccccc6c5n4)c(C(C)(C)C)cn3)cccc12. The lowest BCUT2D eigenvalue weighted by Crippen LogP contribution is -2.14. The highest BCUT2D eigenvalue weighted by Gasteiger charge is 2.23. The lowest BCUT2D eigenvalue weighted by Gasteiger charge is -2.23. The van der Waals surface area contributed by atoms with E-state index in [0.29, 0.717) is 11.3 Å². The quantitative estimate of drug-likeness (QED) is 0.202. The standard InChI is InChI=1S/C38H29N3O/c1-22-16-17-29-28-14-9-15-30(36(28)42-37(29)40-22)34-20-31(32(21-39-34)38(2,3)4)33-19-18-27-25-12-6-5-10-23(25)24-11-7-8-13-26(24)35(27)41-33/h5-21H,1-4H3/i1D3. The van der Waals surface area contributed by atoms with E-state index in [1.165, 1.54) is 16.2 Å². The number of pyridine rings is 3. The van der Waals surface area contributed by atoms with E-state index in [-0.39, 0.29) is 11.1 Å². The Hall–Kier alpha value is -5.09. The van der Waals surface area contributed by atoms with Gasteiger partial charge in [-0.2, -0.15) is 0 Å². The van der Waals surface area contributed by atoms with E-state index < -0.39 is 6.85 Å². The highest BCUT2D eigenvalue weighted by atomic mass is 16.3. The maximum Gasteiger partial charge on any atom is 0.227 e. The number of hydrogen-bond donors (Lipinski definition) is 0. The fourth-order valence-corrected chi connectivity index (χ4v) is 6.20. The highest BCUT2D eigenvalue weighted by Crippen LogP contribution is 2.40. The van der Waals surface area contributed by atoms with E-state index in [0.717, 1.165) is 55.1 Å². The molecule has 4 aromatic heterocycles. The van der Waals surface area contributed by atoms with Crippen molar-refractivity contribution in [3.63, 3.8) is 0 Å². The summed E-state index contributed by atoms with van der Waals surface area (Å²) < 4.78 is 29.6. The molecule has 0 fully saturated rings. The minimum Gasteiger partial charge on any atom is -0.437 e. The first-order valence-electron chi connectivity index (χ1n) is 15.6. The van der Waals surface area contributed by atoms with Crippen LogP contribution in [0.2, 0.25) is 0 Å². The van der Waals surface area contributed by atoms with Crippen molar-refractivity contribution in [1.29, 1.82) is 0 Å². The molecule has 0 saturated heterocycles. The van der Waals surface area contributed by atoms with Crippen LogP contribution in [0.15, 0.2) is 108 Å². The number of aromatic nitrogens is 3. The average Bonchev–Trinajstić information content (AvgIpc) is 3.42. The Kier molecular flexibility index (Phi) is 4.61. The van der Waals surface area contributed by atoms with Gasteiger partial charge in [0.25, 0.3) is 0 Å². The summed E-state index contributed by atoms with van der Waals surface area (Å²) in [5.74, 6) is 0. The van der Waals surface area contributed by atoms with Crippen LogP contribution < -0.4 is 0 Å². The number of furan rings is 1. The number of para-hydroxylation sites is 1. The number of nitrogens with zero attached hydrogens (tertiary/aromatic N) is 3. The Bertz CT molecular complexity index is 2440. The van der Waals surface area contributed by atoms with Gasteiger partial charge < -0.3 is 4.42 Å². The fourth-order valence-electron chi connectivity index (χ4n) is 6.20. The molecule has 4 aromatic carbocycles. The maximum atomic E-state index is 7.78. The average molecular weight is 547 g/mol. The predicted molar refractivity (Wildman–Crippen MR) is 174 cm³/mol. The van der Waals surface area contributed by atoms with Crippen molar-refractivity contribution < 1.29 is 8.53 Å². The molecule has 4 heteroatoms. The summed E-state index contributed by atoms with van der Waals surface area (Å²) in [6.07, 6.45) is 1.95. The maximum absolute atomic E-state index is 7.78. The van der Waals surface area contributed by atoms with Gasteiger partial charge in [0.2, 0.25) is 5.71 Å². The Balaban J connectivity index is 1.37. The van der Waals surface area contributed by atoms with Gasteiger partial charge in [-0.3, -0.25) is 4.98 Å². The summed E-state index contributed by atoms with van der Waals surface area (Å²) in [6, 6.07) is 32.6. The Labute approximate surface area is 247 Å². The molecular weight excluding hydrogens is 514 g/mol. The summed E-state index contributed by atoms with van der Waals surface area (Å²) in [7, 11) is 0. The van der Waals surface area contributed by atoms with Crippen molar-refractivity contribution in [3.8, 4) is 22.5 Å². The van der Waals surface area contributed by atoms with Crippen LogP contribution in [0.4, 0.5) is 0 Å². The molecule has 0 aliphatic rings. The Morgan fingerprint density at radius 1 is 0.619 bits per heavy atom. The number of benzene rings is 4. The second kappa shape index (κ2) is 8.95. The molecule has 0 saturated carbocycles. The van der Waals surface area contributed by atoms with Crippen LogP contribution in [0, 0.1) is 6.85 Å². The van der Waals surface area contributed by atoms with Gasteiger partial charge in [0.05, 0.1) is 16.9 Å².